The smallest absolute Gasteiger partial charge is 0.304 e. The largest absolute Gasteiger partial charge is 0.481 e. The summed E-state index contributed by atoms with van der Waals surface area (Å²) in [6.45, 7) is 6.57. The number of hydrogen-bond donors (Lipinski definition) is 2. The quantitative estimate of drug-likeness (QED) is 0.374. The molecule has 2 aliphatic heterocycles. The van der Waals surface area contributed by atoms with E-state index in [0.29, 0.717) is 35.2 Å². The van der Waals surface area contributed by atoms with Crippen molar-refractivity contribution in [2.24, 2.45) is 23.2 Å². The predicted octanol–water partition coefficient (Wildman–Crippen LogP) is 5.52. The number of piperidine rings is 1. The van der Waals surface area contributed by atoms with Crippen LogP contribution in [0.4, 0.5) is 0 Å². The van der Waals surface area contributed by atoms with Crippen LogP contribution in [0.5, 0.6) is 0 Å². The first-order valence-electron chi connectivity index (χ1n) is 13.1. The molecule has 6 unspecified atom stereocenters. The Bertz CT molecular complexity index is 1310. The van der Waals surface area contributed by atoms with Crippen LogP contribution in [0.25, 0.3) is 0 Å². The molecule has 7 nitrogen and oxygen atoms in total. The lowest BCUT2D eigenvalue weighted by Gasteiger charge is -2.44. The van der Waals surface area contributed by atoms with Crippen molar-refractivity contribution < 1.29 is 27.9 Å². The van der Waals surface area contributed by atoms with Gasteiger partial charge in [0.1, 0.15) is 0 Å². The van der Waals surface area contributed by atoms with Gasteiger partial charge < -0.3 is 15.2 Å². The van der Waals surface area contributed by atoms with Gasteiger partial charge in [-0.15, -0.1) is 0 Å². The number of nitrogens with one attached hydrogen (secondary N) is 1. The fourth-order valence-corrected chi connectivity index (χ4v) is 9.23. The zero-order valence-electron chi connectivity index (χ0n) is 22.3. The molecule has 10 heteroatoms. The number of aliphatic carboxylic acids is 1. The number of carboxylic acids is 1. The van der Waals surface area contributed by atoms with E-state index in [4.69, 9.17) is 27.9 Å². The lowest BCUT2D eigenvalue weighted by molar-refractivity contribution is -0.142. The van der Waals surface area contributed by atoms with Gasteiger partial charge >= 0.3 is 5.97 Å². The van der Waals surface area contributed by atoms with E-state index in [-0.39, 0.29) is 29.9 Å². The molecule has 2 aromatic rings. The summed E-state index contributed by atoms with van der Waals surface area (Å²) in [5.41, 5.74) is 1.08. The van der Waals surface area contributed by atoms with Crippen molar-refractivity contribution in [3.8, 4) is 0 Å². The molecular formula is C29H35Cl2NO6S. The summed E-state index contributed by atoms with van der Waals surface area (Å²) >= 11 is 12.4. The molecule has 2 aliphatic rings. The van der Waals surface area contributed by atoms with E-state index >= 15 is 0 Å². The van der Waals surface area contributed by atoms with E-state index < -0.39 is 44.3 Å². The van der Waals surface area contributed by atoms with Crippen molar-refractivity contribution in [2.45, 2.75) is 50.8 Å². The van der Waals surface area contributed by atoms with Crippen molar-refractivity contribution in [3.05, 3.63) is 69.7 Å². The minimum absolute atomic E-state index is 0.0141. The summed E-state index contributed by atoms with van der Waals surface area (Å²) in [6, 6.07) is 13.8. The summed E-state index contributed by atoms with van der Waals surface area (Å²) in [6.07, 6.45) is 0.0515. The minimum Gasteiger partial charge on any atom is -0.481 e. The van der Waals surface area contributed by atoms with E-state index in [1.807, 2.05) is 39.0 Å². The van der Waals surface area contributed by atoms with E-state index in [2.05, 4.69) is 5.32 Å². The molecule has 2 fully saturated rings. The number of sulfone groups is 1. The maximum absolute atomic E-state index is 14.0. The van der Waals surface area contributed by atoms with Gasteiger partial charge in [-0.2, -0.15) is 0 Å². The third kappa shape index (κ3) is 6.79. The van der Waals surface area contributed by atoms with Crippen molar-refractivity contribution in [1.29, 1.82) is 0 Å². The Hall–Kier alpha value is -2.13. The first-order valence-corrected chi connectivity index (χ1v) is 15.6. The van der Waals surface area contributed by atoms with Gasteiger partial charge in [-0.3, -0.25) is 9.59 Å². The highest BCUT2D eigenvalue weighted by molar-refractivity contribution is 7.91. The molecule has 0 radical (unpaired) electrons. The highest BCUT2D eigenvalue weighted by Crippen LogP contribution is 2.45. The molecule has 0 saturated carbocycles. The number of hydrogen-bond acceptors (Lipinski definition) is 5. The van der Waals surface area contributed by atoms with Gasteiger partial charge in [-0.1, -0.05) is 68.2 Å². The van der Waals surface area contributed by atoms with Crippen LogP contribution in [0.3, 0.4) is 0 Å². The molecule has 0 aromatic heterocycles. The van der Waals surface area contributed by atoms with E-state index in [9.17, 15) is 23.1 Å². The first kappa shape index (κ1) is 29.8. The number of carbonyl (C=O) groups is 2. The second-order valence-corrected chi connectivity index (χ2v) is 14.5. The number of benzene rings is 2. The van der Waals surface area contributed by atoms with Crippen LogP contribution in [-0.4, -0.2) is 50.4 Å². The van der Waals surface area contributed by atoms with Crippen molar-refractivity contribution >= 4 is 44.9 Å². The molecule has 2 saturated heterocycles. The highest BCUT2D eigenvalue weighted by Gasteiger charge is 2.47. The number of carbonyl (C=O) groups excluding carboxylic acids is 1. The standard InChI is InChI=1S/C29H35Cl2NO6S/c1-17(26-24(20-5-4-6-23(31)11-20)12-21(13-25(33)34)28(35)32-26)18(2)27(19-7-9-22(30)10-8-19)39(36,37)16-29(3)14-38-15-29/h4-11,17-18,21,24,26-27H,12-16H2,1-3H3,(H,32,35)(H,33,34). The second-order valence-electron chi connectivity index (χ2n) is 11.5. The highest BCUT2D eigenvalue weighted by atomic mass is 35.5. The molecule has 6 atom stereocenters. The fourth-order valence-electron chi connectivity index (χ4n) is 6.11. The van der Waals surface area contributed by atoms with Crippen LogP contribution in [0.1, 0.15) is 55.9 Å². The Kier molecular flexibility index (Phi) is 9.01. The summed E-state index contributed by atoms with van der Waals surface area (Å²) in [4.78, 5) is 24.5. The normalized spacial score (nSPS) is 25.2. The monoisotopic (exact) mass is 595 g/mol. The van der Waals surface area contributed by atoms with Gasteiger partial charge in [0.2, 0.25) is 5.91 Å². The summed E-state index contributed by atoms with van der Waals surface area (Å²) in [5, 5.41) is 12.7. The zero-order valence-corrected chi connectivity index (χ0v) is 24.6. The van der Waals surface area contributed by atoms with Crippen LogP contribution in [0.2, 0.25) is 10.0 Å². The second kappa shape index (κ2) is 11.8. The number of halogens is 2. The van der Waals surface area contributed by atoms with E-state index in [1.54, 1.807) is 30.3 Å². The van der Waals surface area contributed by atoms with Crippen LogP contribution >= 0.6 is 23.2 Å². The summed E-state index contributed by atoms with van der Waals surface area (Å²) in [7, 11) is -3.65. The van der Waals surface area contributed by atoms with Gasteiger partial charge in [0.05, 0.1) is 30.6 Å². The summed E-state index contributed by atoms with van der Waals surface area (Å²) in [5.74, 6) is -3.01. The molecule has 0 aliphatic carbocycles. The molecule has 2 heterocycles. The van der Waals surface area contributed by atoms with E-state index in [1.165, 1.54) is 0 Å². The maximum Gasteiger partial charge on any atom is 0.304 e. The number of carboxylic acid groups (broad SMARTS) is 1. The van der Waals surface area contributed by atoms with Gasteiger partial charge in [-0.25, -0.2) is 8.42 Å². The molecule has 39 heavy (non-hydrogen) atoms. The van der Waals surface area contributed by atoms with Gasteiger partial charge in [0.15, 0.2) is 9.84 Å². The van der Waals surface area contributed by atoms with Crippen LogP contribution < -0.4 is 5.32 Å². The van der Waals surface area contributed by atoms with Gasteiger partial charge in [-0.05, 0) is 53.6 Å². The Labute approximate surface area is 240 Å². The molecular weight excluding hydrogens is 561 g/mol. The SMILES string of the molecule is CC(C(C)C(c1ccc(Cl)cc1)S(=O)(=O)CC1(C)COC1)C1NC(=O)C(CC(=O)O)CC1c1cccc(Cl)c1. The third-order valence-corrected chi connectivity index (χ3v) is 11.3. The van der Waals surface area contributed by atoms with Crippen LogP contribution in [0.15, 0.2) is 48.5 Å². The van der Waals surface area contributed by atoms with E-state index in [0.717, 1.165) is 5.56 Å². The average molecular weight is 597 g/mol. The first-order chi connectivity index (χ1) is 18.3. The molecule has 0 spiro atoms. The molecule has 212 valence electrons. The Morgan fingerprint density at radius 2 is 1.79 bits per heavy atom. The molecule has 4 rings (SSSR count). The Morgan fingerprint density at radius 1 is 1.13 bits per heavy atom. The topological polar surface area (TPSA) is 110 Å². The lowest BCUT2D eigenvalue weighted by Crippen LogP contribution is -2.54. The predicted molar refractivity (Wildman–Crippen MR) is 152 cm³/mol. The fraction of sp³-hybridized carbons (Fsp3) is 0.517. The zero-order chi connectivity index (χ0) is 28.5. The Balaban J connectivity index is 1.71. The number of ether oxygens (including phenoxy) is 1. The number of amides is 1. The van der Waals surface area contributed by atoms with Crippen molar-refractivity contribution in [1.82, 2.24) is 5.32 Å². The number of rotatable bonds is 10. The molecule has 2 aromatic carbocycles. The van der Waals surface area contributed by atoms with Gasteiger partial charge in [0, 0.05) is 33.3 Å². The summed E-state index contributed by atoms with van der Waals surface area (Å²) < 4.78 is 33.4. The van der Waals surface area contributed by atoms with Crippen molar-refractivity contribution in [3.63, 3.8) is 0 Å². The van der Waals surface area contributed by atoms with Crippen LogP contribution in [0, 0.1) is 23.2 Å². The van der Waals surface area contributed by atoms with Gasteiger partial charge in [0.25, 0.3) is 0 Å². The average Bonchev–Trinajstić information content (AvgIpc) is 2.84. The van der Waals surface area contributed by atoms with Crippen molar-refractivity contribution in [2.75, 3.05) is 19.0 Å². The molecule has 0 bridgehead atoms. The maximum atomic E-state index is 14.0. The van der Waals surface area contributed by atoms with Crippen LogP contribution in [-0.2, 0) is 24.2 Å². The Morgan fingerprint density at radius 3 is 2.36 bits per heavy atom. The molecule has 2 N–H and O–H groups in total. The lowest BCUT2D eigenvalue weighted by atomic mass is 9.71. The molecule has 1 amide bonds. The third-order valence-electron chi connectivity index (χ3n) is 8.26. The minimum atomic E-state index is -3.65.